The molecular weight excluding hydrogens is 509 g/mol. The zero-order chi connectivity index (χ0) is 26.2. The predicted molar refractivity (Wildman–Crippen MR) is 140 cm³/mol. The van der Waals surface area contributed by atoms with Crippen molar-refractivity contribution < 1.29 is 18.0 Å². The number of carbonyl (C=O) groups excluding carboxylic acids is 2. The molecule has 0 spiro atoms. The summed E-state index contributed by atoms with van der Waals surface area (Å²) in [4.78, 5) is 27.9. The van der Waals surface area contributed by atoms with E-state index >= 15 is 0 Å². The van der Waals surface area contributed by atoms with E-state index in [-0.39, 0.29) is 42.3 Å². The van der Waals surface area contributed by atoms with Gasteiger partial charge in [-0.3, -0.25) is 9.59 Å². The number of nitrogens with one attached hydrogen (secondary N) is 1. The number of amides is 2. The molecule has 0 heterocycles. The van der Waals surface area contributed by atoms with Crippen LogP contribution in [0.1, 0.15) is 45.6 Å². The maximum atomic E-state index is 13.3. The van der Waals surface area contributed by atoms with Gasteiger partial charge in [-0.1, -0.05) is 54.4 Å². The van der Waals surface area contributed by atoms with Crippen LogP contribution in [-0.2, 0) is 26.2 Å². The van der Waals surface area contributed by atoms with E-state index in [1.807, 2.05) is 20.8 Å². The van der Waals surface area contributed by atoms with Crippen molar-refractivity contribution in [3.63, 3.8) is 0 Å². The van der Waals surface area contributed by atoms with Gasteiger partial charge < -0.3 is 10.2 Å². The highest BCUT2D eigenvalue weighted by molar-refractivity contribution is 7.89. The van der Waals surface area contributed by atoms with Crippen LogP contribution in [0, 0.1) is 0 Å². The molecule has 2 rings (SSSR count). The molecule has 0 radical (unpaired) electrons. The topological polar surface area (TPSA) is 86.8 Å². The number of halogens is 2. The molecule has 2 aromatic carbocycles. The Labute approximate surface area is 218 Å². The summed E-state index contributed by atoms with van der Waals surface area (Å²) in [5.74, 6) is -0.503. The number of nitrogens with zero attached hydrogens (tertiary/aromatic N) is 2. The van der Waals surface area contributed by atoms with Crippen molar-refractivity contribution in [2.75, 3.05) is 13.6 Å². The fourth-order valence-corrected chi connectivity index (χ4v) is 5.32. The molecule has 0 aliphatic heterocycles. The molecule has 0 bridgehead atoms. The third-order valence-electron chi connectivity index (χ3n) is 5.49. The van der Waals surface area contributed by atoms with E-state index in [0.29, 0.717) is 28.5 Å². The first kappa shape index (κ1) is 29.1. The van der Waals surface area contributed by atoms with E-state index in [1.165, 1.54) is 28.4 Å². The first-order valence-corrected chi connectivity index (χ1v) is 13.7. The number of rotatable bonds is 12. The lowest BCUT2D eigenvalue weighted by Crippen LogP contribution is -2.50. The van der Waals surface area contributed by atoms with E-state index < -0.39 is 16.1 Å². The van der Waals surface area contributed by atoms with E-state index in [9.17, 15) is 18.0 Å². The molecule has 0 fully saturated rings. The van der Waals surface area contributed by atoms with E-state index in [4.69, 9.17) is 23.2 Å². The van der Waals surface area contributed by atoms with Crippen LogP contribution in [0.2, 0.25) is 10.0 Å². The number of sulfonamides is 1. The lowest BCUT2D eigenvalue weighted by molar-refractivity contribution is -0.141. The van der Waals surface area contributed by atoms with Gasteiger partial charge in [-0.05, 0) is 56.5 Å². The highest BCUT2D eigenvalue weighted by atomic mass is 35.5. The van der Waals surface area contributed by atoms with Crippen LogP contribution in [0.3, 0.4) is 0 Å². The maximum absolute atomic E-state index is 13.3. The molecule has 10 heteroatoms. The van der Waals surface area contributed by atoms with Crippen LogP contribution < -0.4 is 5.32 Å². The van der Waals surface area contributed by atoms with Crippen LogP contribution in [0.25, 0.3) is 0 Å². The lowest BCUT2D eigenvalue weighted by atomic mass is 10.1. The Morgan fingerprint density at radius 2 is 1.71 bits per heavy atom. The second-order valence-electron chi connectivity index (χ2n) is 8.59. The Hall–Kier alpha value is -2.13. The predicted octanol–water partition coefficient (Wildman–Crippen LogP) is 4.73. The maximum Gasteiger partial charge on any atom is 0.243 e. The van der Waals surface area contributed by atoms with E-state index in [0.717, 1.165) is 0 Å². The largest absolute Gasteiger partial charge is 0.352 e. The van der Waals surface area contributed by atoms with Crippen molar-refractivity contribution in [1.29, 1.82) is 0 Å². The first-order valence-electron chi connectivity index (χ1n) is 11.5. The van der Waals surface area contributed by atoms with E-state index in [1.54, 1.807) is 36.4 Å². The average molecular weight is 543 g/mol. The van der Waals surface area contributed by atoms with Crippen molar-refractivity contribution in [1.82, 2.24) is 14.5 Å². The van der Waals surface area contributed by atoms with Crippen LogP contribution in [-0.4, -0.2) is 55.1 Å². The minimum absolute atomic E-state index is 0.0747. The monoisotopic (exact) mass is 541 g/mol. The van der Waals surface area contributed by atoms with Crippen LogP contribution in [0.4, 0.5) is 0 Å². The third-order valence-corrected chi connectivity index (χ3v) is 7.95. The van der Waals surface area contributed by atoms with Crippen molar-refractivity contribution >= 4 is 45.0 Å². The summed E-state index contributed by atoms with van der Waals surface area (Å²) in [5, 5.41) is 3.76. The Bertz CT molecular complexity index is 1110. The smallest absolute Gasteiger partial charge is 0.243 e. The molecule has 2 amide bonds. The van der Waals surface area contributed by atoms with Gasteiger partial charge in [0.1, 0.15) is 6.04 Å². The SMILES string of the molecule is CCC(C(=O)NC(C)C)N(Cc1ccc(Cl)cc1Cl)C(=O)CCCN(C)S(=O)(=O)c1ccccc1. The Morgan fingerprint density at radius 1 is 1.06 bits per heavy atom. The fourth-order valence-electron chi connectivity index (χ4n) is 3.62. The minimum atomic E-state index is -3.65. The fraction of sp³-hybridized carbons (Fsp3) is 0.440. The summed E-state index contributed by atoms with van der Waals surface area (Å²) in [7, 11) is -2.16. The molecule has 0 saturated heterocycles. The van der Waals surface area contributed by atoms with Gasteiger partial charge in [-0.2, -0.15) is 0 Å². The number of hydrogen-bond donors (Lipinski definition) is 1. The summed E-state index contributed by atoms with van der Waals surface area (Å²) in [6, 6.07) is 12.4. The molecule has 0 aliphatic carbocycles. The van der Waals surface area contributed by atoms with Gasteiger partial charge in [0, 0.05) is 42.6 Å². The zero-order valence-corrected chi connectivity index (χ0v) is 22.8. The molecule has 35 heavy (non-hydrogen) atoms. The second kappa shape index (κ2) is 13.3. The van der Waals surface area contributed by atoms with Crippen LogP contribution in [0.5, 0.6) is 0 Å². The van der Waals surface area contributed by atoms with Gasteiger partial charge in [-0.25, -0.2) is 12.7 Å². The average Bonchev–Trinajstić information content (AvgIpc) is 2.80. The van der Waals surface area contributed by atoms with Crippen molar-refractivity contribution in [2.45, 2.75) is 63.6 Å². The highest BCUT2D eigenvalue weighted by Crippen LogP contribution is 2.24. The molecule has 2 aromatic rings. The Morgan fingerprint density at radius 3 is 2.29 bits per heavy atom. The molecule has 0 aliphatic rings. The normalized spacial score (nSPS) is 12.6. The number of hydrogen-bond acceptors (Lipinski definition) is 4. The van der Waals surface area contributed by atoms with Crippen molar-refractivity contribution in [3.8, 4) is 0 Å². The highest BCUT2D eigenvalue weighted by Gasteiger charge is 2.29. The van der Waals surface area contributed by atoms with E-state index in [2.05, 4.69) is 5.32 Å². The van der Waals surface area contributed by atoms with Gasteiger partial charge >= 0.3 is 0 Å². The Kier molecular flexibility index (Phi) is 11.0. The van der Waals surface area contributed by atoms with Crippen LogP contribution >= 0.6 is 23.2 Å². The molecule has 1 atom stereocenters. The molecule has 0 saturated carbocycles. The third kappa shape index (κ3) is 8.20. The summed E-state index contributed by atoms with van der Waals surface area (Å²) >= 11 is 12.4. The molecule has 0 aromatic heterocycles. The van der Waals surface area contributed by atoms with Crippen molar-refractivity contribution in [2.24, 2.45) is 0 Å². The van der Waals surface area contributed by atoms with Gasteiger partial charge in [0.05, 0.1) is 4.90 Å². The first-order chi connectivity index (χ1) is 16.5. The van der Waals surface area contributed by atoms with Gasteiger partial charge in [-0.15, -0.1) is 0 Å². The minimum Gasteiger partial charge on any atom is -0.352 e. The number of benzene rings is 2. The lowest BCUT2D eigenvalue weighted by Gasteiger charge is -2.31. The summed E-state index contributed by atoms with van der Waals surface area (Å²) in [5.41, 5.74) is 0.670. The van der Waals surface area contributed by atoms with Crippen LogP contribution in [0.15, 0.2) is 53.4 Å². The summed E-state index contributed by atoms with van der Waals surface area (Å²) in [6.45, 7) is 5.85. The molecule has 7 nitrogen and oxygen atoms in total. The Balaban J connectivity index is 2.17. The zero-order valence-electron chi connectivity index (χ0n) is 20.5. The van der Waals surface area contributed by atoms with Gasteiger partial charge in [0.25, 0.3) is 0 Å². The molecule has 1 N–H and O–H groups in total. The molecular formula is C25H33Cl2N3O4S. The standard InChI is InChI=1S/C25H33Cl2N3O4S/c1-5-23(25(32)28-18(2)3)30(17-19-13-14-20(26)16-22(19)27)24(31)12-9-15-29(4)35(33,34)21-10-7-6-8-11-21/h6-8,10-11,13-14,16,18,23H,5,9,12,15,17H2,1-4H3,(H,28,32). The summed E-state index contributed by atoms with van der Waals surface area (Å²) in [6.07, 6.45) is 0.789. The summed E-state index contributed by atoms with van der Waals surface area (Å²) < 4.78 is 26.7. The quantitative estimate of drug-likeness (QED) is 0.420. The number of carbonyl (C=O) groups is 2. The van der Waals surface area contributed by atoms with Crippen molar-refractivity contribution in [3.05, 3.63) is 64.1 Å². The second-order valence-corrected chi connectivity index (χ2v) is 11.5. The molecule has 1 unspecified atom stereocenters. The van der Waals surface area contributed by atoms with Gasteiger partial charge in [0.15, 0.2) is 0 Å². The molecule has 192 valence electrons. The van der Waals surface area contributed by atoms with Gasteiger partial charge in [0.2, 0.25) is 21.8 Å².